The van der Waals surface area contributed by atoms with Crippen LogP contribution in [0.15, 0.2) is 34.4 Å². The SMILES string of the molecule is O=C1C(=Cc2cccc(Br)c2)N2CCC1CC2. The minimum Gasteiger partial charge on any atom is -0.369 e. The Morgan fingerprint density at radius 2 is 2.06 bits per heavy atom. The Balaban J connectivity index is 1.95. The first-order valence-electron chi connectivity index (χ1n) is 6.00. The number of fused-ring (bicyclic) bond motifs is 3. The zero-order valence-electron chi connectivity index (χ0n) is 9.53. The summed E-state index contributed by atoms with van der Waals surface area (Å²) in [6, 6.07) is 8.08. The van der Waals surface area contributed by atoms with Crippen molar-refractivity contribution in [3.05, 3.63) is 40.0 Å². The molecule has 1 aromatic carbocycles. The van der Waals surface area contributed by atoms with Crippen molar-refractivity contribution in [3.63, 3.8) is 0 Å². The zero-order chi connectivity index (χ0) is 11.8. The van der Waals surface area contributed by atoms with Crippen LogP contribution in [-0.2, 0) is 4.79 Å². The summed E-state index contributed by atoms with van der Waals surface area (Å²) < 4.78 is 1.05. The van der Waals surface area contributed by atoms with E-state index in [2.05, 4.69) is 20.8 Å². The predicted octanol–water partition coefficient (Wildman–Crippen LogP) is 3.08. The van der Waals surface area contributed by atoms with Gasteiger partial charge in [-0.2, -0.15) is 0 Å². The number of hydrogen-bond acceptors (Lipinski definition) is 2. The highest BCUT2D eigenvalue weighted by Gasteiger charge is 2.36. The Morgan fingerprint density at radius 1 is 1.29 bits per heavy atom. The van der Waals surface area contributed by atoms with E-state index in [0.29, 0.717) is 5.78 Å². The van der Waals surface area contributed by atoms with E-state index < -0.39 is 0 Å². The predicted molar refractivity (Wildman–Crippen MR) is 71.4 cm³/mol. The normalized spacial score (nSPS) is 22.5. The van der Waals surface area contributed by atoms with Crippen LogP contribution in [0, 0.1) is 5.92 Å². The standard InChI is InChI=1S/C14H14BrNO/c15-12-3-1-2-10(8-12)9-13-14(17)11-4-6-16(13)7-5-11/h1-3,8-9,11H,4-7H2. The van der Waals surface area contributed by atoms with Crippen LogP contribution in [0.1, 0.15) is 18.4 Å². The Hall–Kier alpha value is -1.09. The van der Waals surface area contributed by atoms with E-state index in [9.17, 15) is 4.79 Å². The van der Waals surface area contributed by atoms with Crippen molar-refractivity contribution in [2.24, 2.45) is 5.92 Å². The molecule has 3 fully saturated rings. The molecule has 0 aliphatic carbocycles. The van der Waals surface area contributed by atoms with Gasteiger partial charge in [0.2, 0.25) is 0 Å². The molecule has 1 aromatic rings. The minimum atomic E-state index is 0.276. The first-order valence-corrected chi connectivity index (χ1v) is 6.80. The first kappa shape index (κ1) is 11.0. The molecule has 0 atom stereocenters. The average Bonchev–Trinajstić information content (AvgIpc) is 2.34. The second-order valence-corrected chi connectivity index (χ2v) is 5.63. The molecule has 0 N–H and O–H groups in total. The third-order valence-electron chi connectivity index (χ3n) is 3.61. The summed E-state index contributed by atoms with van der Waals surface area (Å²) >= 11 is 3.46. The summed E-state index contributed by atoms with van der Waals surface area (Å²) in [5.41, 5.74) is 2.00. The molecule has 3 aliphatic rings. The molecule has 3 heterocycles. The van der Waals surface area contributed by atoms with Crippen molar-refractivity contribution < 1.29 is 4.79 Å². The molecular weight excluding hydrogens is 278 g/mol. The van der Waals surface area contributed by atoms with Crippen molar-refractivity contribution in [1.82, 2.24) is 4.90 Å². The number of nitrogens with zero attached hydrogens (tertiary/aromatic N) is 1. The smallest absolute Gasteiger partial charge is 0.182 e. The average molecular weight is 292 g/mol. The van der Waals surface area contributed by atoms with Crippen LogP contribution in [0.5, 0.6) is 0 Å². The quantitative estimate of drug-likeness (QED) is 0.741. The fraction of sp³-hybridized carbons (Fsp3) is 0.357. The maximum Gasteiger partial charge on any atom is 0.182 e. The molecule has 88 valence electrons. The number of piperidine rings is 3. The van der Waals surface area contributed by atoms with Gasteiger partial charge >= 0.3 is 0 Å². The fourth-order valence-electron chi connectivity index (χ4n) is 2.66. The number of carbonyl (C=O) groups is 1. The maximum atomic E-state index is 12.2. The van der Waals surface area contributed by atoms with Gasteiger partial charge in [-0.25, -0.2) is 0 Å². The van der Waals surface area contributed by atoms with Crippen LogP contribution in [0.25, 0.3) is 6.08 Å². The fourth-order valence-corrected chi connectivity index (χ4v) is 3.08. The van der Waals surface area contributed by atoms with Crippen molar-refractivity contribution in [2.45, 2.75) is 12.8 Å². The summed E-state index contributed by atoms with van der Waals surface area (Å²) in [4.78, 5) is 14.4. The molecule has 4 rings (SSSR count). The van der Waals surface area contributed by atoms with Crippen LogP contribution >= 0.6 is 15.9 Å². The van der Waals surface area contributed by atoms with Crippen molar-refractivity contribution >= 4 is 27.8 Å². The van der Waals surface area contributed by atoms with Gasteiger partial charge in [-0.05, 0) is 36.6 Å². The molecule has 2 bridgehead atoms. The van der Waals surface area contributed by atoms with Crippen LogP contribution in [0.3, 0.4) is 0 Å². The highest BCUT2D eigenvalue weighted by Crippen LogP contribution is 2.32. The summed E-state index contributed by atoms with van der Waals surface area (Å²) in [5.74, 6) is 0.612. The third kappa shape index (κ3) is 2.04. The number of rotatable bonds is 1. The van der Waals surface area contributed by atoms with Gasteiger partial charge in [0.1, 0.15) is 0 Å². The first-order chi connectivity index (χ1) is 8.24. The van der Waals surface area contributed by atoms with Crippen LogP contribution < -0.4 is 0 Å². The largest absolute Gasteiger partial charge is 0.369 e. The monoisotopic (exact) mass is 291 g/mol. The molecule has 0 amide bonds. The molecule has 0 radical (unpaired) electrons. The van der Waals surface area contributed by atoms with E-state index in [1.165, 1.54) is 0 Å². The second-order valence-electron chi connectivity index (χ2n) is 4.71. The number of allylic oxidation sites excluding steroid dienone is 1. The molecule has 0 aromatic heterocycles. The topological polar surface area (TPSA) is 20.3 Å². The molecule has 2 nitrogen and oxygen atoms in total. The van der Waals surface area contributed by atoms with Gasteiger partial charge < -0.3 is 4.90 Å². The van der Waals surface area contributed by atoms with E-state index in [1.54, 1.807) is 0 Å². The van der Waals surface area contributed by atoms with Gasteiger partial charge in [-0.15, -0.1) is 0 Å². The lowest BCUT2D eigenvalue weighted by molar-refractivity contribution is -0.125. The van der Waals surface area contributed by atoms with E-state index in [4.69, 9.17) is 0 Å². The molecule has 17 heavy (non-hydrogen) atoms. The Morgan fingerprint density at radius 3 is 2.71 bits per heavy atom. The lowest BCUT2D eigenvalue weighted by atomic mass is 9.84. The molecule has 0 saturated carbocycles. The maximum absolute atomic E-state index is 12.2. The molecule has 3 aliphatic heterocycles. The van der Waals surface area contributed by atoms with E-state index in [0.717, 1.165) is 41.7 Å². The highest BCUT2D eigenvalue weighted by atomic mass is 79.9. The lowest BCUT2D eigenvalue weighted by Crippen LogP contribution is -2.45. The molecule has 3 heteroatoms. The van der Waals surface area contributed by atoms with Crippen LogP contribution in [0.2, 0.25) is 0 Å². The van der Waals surface area contributed by atoms with Crippen LogP contribution in [-0.4, -0.2) is 23.8 Å². The zero-order valence-corrected chi connectivity index (χ0v) is 11.1. The van der Waals surface area contributed by atoms with Gasteiger partial charge in [0.15, 0.2) is 5.78 Å². The third-order valence-corrected chi connectivity index (χ3v) is 4.10. The molecule has 0 spiro atoms. The summed E-state index contributed by atoms with van der Waals surface area (Å²) in [7, 11) is 0. The van der Waals surface area contributed by atoms with E-state index in [1.807, 2.05) is 30.3 Å². The number of ketones is 1. The van der Waals surface area contributed by atoms with E-state index >= 15 is 0 Å². The van der Waals surface area contributed by atoms with Gasteiger partial charge in [0.25, 0.3) is 0 Å². The van der Waals surface area contributed by atoms with Gasteiger partial charge in [-0.1, -0.05) is 28.1 Å². The van der Waals surface area contributed by atoms with E-state index in [-0.39, 0.29) is 5.92 Å². The number of hydrogen-bond donors (Lipinski definition) is 0. The highest BCUT2D eigenvalue weighted by molar-refractivity contribution is 9.10. The molecule has 0 unspecified atom stereocenters. The van der Waals surface area contributed by atoms with Crippen molar-refractivity contribution in [1.29, 1.82) is 0 Å². The van der Waals surface area contributed by atoms with Crippen LogP contribution in [0.4, 0.5) is 0 Å². The number of Topliss-reactive ketones (excluding diaryl/α,β-unsaturated/α-hetero) is 1. The second kappa shape index (κ2) is 4.30. The van der Waals surface area contributed by atoms with Gasteiger partial charge in [0, 0.05) is 23.5 Å². The number of benzene rings is 1. The number of carbonyl (C=O) groups excluding carboxylic acids is 1. The molecule has 3 saturated heterocycles. The van der Waals surface area contributed by atoms with Crippen molar-refractivity contribution in [3.8, 4) is 0 Å². The summed E-state index contributed by atoms with van der Waals surface area (Å²) in [5, 5.41) is 0. The summed E-state index contributed by atoms with van der Waals surface area (Å²) in [6.45, 7) is 2.08. The van der Waals surface area contributed by atoms with Gasteiger partial charge in [0.05, 0.1) is 5.70 Å². The Kier molecular flexibility index (Phi) is 2.79. The van der Waals surface area contributed by atoms with Crippen molar-refractivity contribution in [2.75, 3.05) is 13.1 Å². The summed E-state index contributed by atoms with van der Waals surface area (Å²) in [6.07, 6.45) is 4.10. The lowest BCUT2D eigenvalue weighted by Gasteiger charge is -2.41. The number of halogens is 1. The minimum absolute atomic E-state index is 0.276. The Bertz CT molecular complexity index is 487. The Labute approximate surface area is 109 Å². The van der Waals surface area contributed by atoms with Gasteiger partial charge in [-0.3, -0.25) is 4.79 Å². The molecular formula is C14H14BrNO.